The summed E-state index contributed by atoms with van der Waals surface area (Å²) in [4.78, 5) is 12.3. The van der Waals surface area contributed by atoms with E-state index in [-0.39, 0.29) is 13.2 Å². The molecule has 0 aliphatic carbocycles. The molecule has 1 saturated heterocycles. The van der Waals surface area contributed by atoms with E-state index in [0.29, 0.717) is 15.5 Å². The zero-order chi connectivity index (χ0) is 22.6. The van der Waals surface area contributed by atoms with Crippen molar-refractivity contribution in [2.75, 3.05) is 6.54 Å². The number of amides is 1. The Kier molecular flexibility index (Phi) is 7.24. The minimum atomic E-state index is -0.745. The van der Waals surface area contributed by atoms with Gasteiger partial charge in [0.25, 0.3) is 0 Å². The zero-order valence-electron chi connectivity index (χ0n) is 18.1. The van der Waals surface area contributed by atoms with E-state index in [1.807, 2.05) is 58.0 Å². The fraction of sp³-hybridized carbons (Fsp3) is 0.348. The van der Waals surface area contributed by atoms with E-state index in [4.69, 9.17) is 14.0 Å². The average molecular weight is 490 g/mol. The van der Waals surface area contributed by atoms with Crippen molar-refractivity contribution < 1.29 is 23.2 Å². The Hall–Kier alpha value is -2.16. The minimum Gasteiger partial charge on any atom is -0.445 e. The van der Waals surface area contributed by atoms with Crippen LogP contribution in [-0.4, -0.2) is 31.0 Å². The maximum absolute atomic E-state index is 14.4. The molecular weight excluding hydrogens is 464 g/mol. The first-order valence-electron chi connectivity index (χ1n) is 10.0. The summed E-state index contributed by atoms with van der Waals surface area (Å²) in [5.74, 6) is -0.393. The first-order valence-corrected chi connectivity index (χ1v) is 10.8. The second-order valence-electron chi connectivity index (χ2n) is 8.36. The molecule has 0 atom stereocenters. The first-order chi connectivity index (χ1) is 14.6. The van der Waals surface area contributed by atoms with Gasteiger partial charge in [0.1, 0.15) is 12.4 Å². The van der Waals surface area contributed by atoms with E-state index >= 15 is 0 Å². The van der Waals surface area contributed by atoms with Crippen LogP contribution in [0.25, 0.3) is 6.08 Å². The number of carbonyl (C=O) groups is 1. The normalized spacial score (nSPS) is 17.5. The first kappa shape index (κ1) is 23.5. The van der Waals surface area contributed by atoms with Gasteiger partial charge in [-0.2, -0.15) is 0 Å². The molecule has 0 unspecified atom stereocenters. The van der Waals surface area contributed by atoms with Crippen molar-refractivity contribution in [3.63, 3.8) is 0 Å². The summed E-state index contributed by atoms with van der Waals surface area (Å²) in [6, 6.07) is 14.1. The molecule has 0 saturated carbocycles. The number of ether oxygens (including phenoxy) is 1. The van der Waals surface area contributed by atoms with Crippen molar-refractivity contribution in [1.29, 1.82) is 0 Å². The quantitative estimate of drug-likeness (QED) is 0.542. The van der Waals surface area contributed by atoms with Crippen molar-refractivity contribution in [3.8, 4) is 0 Å². The summed E-state index contributed by atoms with van der Waals surface area (Å²) < 4.78 is 32.5. The number of benzene rings is 2. The van der Waals surface area contributed by atoms with Crippen LogP contribution in [0.1, 0.15) is 38.8 Å². The van der Waals surface area contributed by atoms with Gasteiger partial charge in [0.2, 0.25) is 0 Å². The highest BCUT2D eigenvalue weighted by atomic mass is 79.9. The summed E-state index contributed by atoms with van der Waals surface area (Å²) in [7, 11) is -0.745. The van der Waals surface area contributed by atoms with Gasteiger partial charge in [0.05, 0.1) is 11.2 Å². The second-order valence-corrected chi connectivity index (χ2v) is 9.21. The van der Waals surface area contributed by atoms with Gasteiger partial charge in [-0.15, -0.1) is 0 Å². The third-order valence-electron chi connectivity index (χ3n) is 5.54. The Labute approximate surface area is 191 Å². The monoisotopic (exact) mass is 489 g/mol. The molecule has 2 aromatic rings. The van der Waals surface area contributed by atoms with Gasteiger partial charge in [0.15, 0.2) is 0 Å². The molecule has 2 aromatic carbocycles. The molecule has 1 aliphatic rings. The molecule has 1 amide bonds. The predicted octanol–water partition coefficient (Wildman–Crippen LogP) is 5.53. The number of carbonyl (C=O) groups excluding carboxylic acids is 1. The van der Waals surface area contributed by atoms with Crippen molar-refractivity contribution in [2.24, 2.45) is 0 Å². The highest BCUT2D eigenvalue weighted by Gasteiger charge is 2.52. The number of nitrogens with one attached hydrogen (secondary N) is 1. The van der Waals surface area contributed by atoms with E-state index in [0.717, 1.165) is 5.56 Å². The Morgan fingerprint density at radius 2 is 1.74 bits per heavy atom. The van der Waals surface area contributed by atoms with Gasteiger partial charge < -0.3 is 19.4 Å². The number of hydrogen-bond donors (Lipinski definition) is 1. The SMILES string of the molecule is CC1(C)OB(C(=Cc2c(F)cccc2Br)CNC(=O)OCc2ccccc2)OC1(C)C. The Bertz CT molecular complexity index is 929. The van der Waals surface area contributed by atoms with Crippen LogP contribution in [0, 0.1) is 5.82 Å². The van der Waals surface area contributed by atoms with Gasteiger partial charge in [-0.1, -0.05) is 58.4 Å². The highest BCUT2D eigenvalue weighted by Crippen LogP contribution is 2.39. The van der Waals surface area contributed by atoms with Crippen molar-refractivity contribution >= 4 is 35.2 Å². The maximum Gasteiger partial charge on any atom is 0.492 e. The topological polar surface area (TPSA) is 56.8 Å². The lowest BCUT2D eigenvalue weighted by molar-refractivity contribution is 0.00578. The molecule has 0 radical (unpaired) electrons. The molecule has 1 aliphatic heterocycles. The summed E-state index contributed by atoms with van der Waals surface area (Å²) in [6.07, 6.45) is 1.05. The number of rotatable bonds is 6. The molecule has 31 heavy (non-hydrogen) atoms. The van der Waals surface area contributed by atoms with Crippen LogP contribution in [0.2, 0.25) is 0 Å². The van der Waals surface area contributed by atoms with Crippen LogP contribution in [0.3, 0.4) is 0 Å². The van der Waals surface area contributed by atoms with Crippen LogP contribution in [0.5, 0.6) is 0 Å². The fourth-order valence-corrected chi connectivity index (χ4v) is 3.44. The third-order valence-corrected chi connectivity index (χ3v) is 6.23. The lowest BCUT2D eigenvalue weighted by Crippen LogP contribution is -2.41. The highest BCUT2D eigenvalue weighted by molar-refractivity contribution is 9.10. The van der Waals surface area contributed by atoms with E-state index in [2.05, 4.69) is 21.2 Å². The minimum absolute atomic E-state index is 0.0746. The lowest BCUT2D eigenvalue weighted by atomic mass is 9.77. The van der Waals surface area contributed by atoms with E-state index in [1.165, 1.54) is 6.07 Å². The van der Waals surface area contributed by atoms with E-state index < -0.39 is 30.2 Å². The van der Waals surface area contributed by atoms with Gasteiger partial charge in [0, 0.05) is 16.6 Å². The Balaban J connectivity index is 1.77. The molecule has 5 nitrogen and oxygen atoms in total. The largest absolute Gasteiger partial charge is 0.492 e. The maximum atomic E-state index is 14.4. The number of alkyl carbamates (subject to hydrolysis) is 1. The van der Waals surface area contributed by atoms with Gasteiger partial charge in [-0.25, -0.2) is 9.18 Å². The van der Waals surface area contributed by atoms with Crippen LogP contribution >= 0.6 is 15.9 Å². The summed E-state index contributed by atoms with van der Waals surface area (Å²) in [5, 5.41) is 2.72. The van der Waals surface area contributed by atoms with Crippen molar-refractivity contribution in [3.05, 3.63) is 75.4 Å². The van der Waals surface area contributed by atoms with Crippen LogP contribution in [0.15, 0.2) is 58.5 Å². The molecule has 8 heteroatoms. The molecule has 164 valence electrons. The van der Waals surface area contributed by atoms with Crippen molar-refractivity contribution in [1.82, 2.24) is 5.32 Å². The van der Waals surface area contributed by atoms with Crippen LogP contribution < -0.4 is 5.32 Å². The Morgan fingerprint density at radius 1 is 1.10 bits per heavy atom. The van der Waals surface area contributed by atoms with Crippen LogP contribution in [0.4, 0.5) is 9.18 Å². The summed E-state index contributed by atoms with van der Waals surface area (Å²) in [6.45, 7) is 7.97. The van der Waals surface area contributed by atoms with Gasteiger partial charge in [-0.05, 0) is 50.9 Å². The molecule has 0 aromatic heterocycles. The third kappa shape index (κ3) is 5.76. The standard InChI is InChI=1S/C23H26BBrFNO4/c1-22(2)23(3,4)31-24(30-22)17(13-18-19(25)11-8-12-20(18)26)14-27-21(28)29-15-16-9-6-5-7-10-16/h5-13H,14-15H2,1-4H3,(H,27,28). The molecule has 0 bridgehead atoms. The van der Waals surface area contributed by atoms with Gasteiger partial charge >= 0.3 is 13.2 Å². The molecule has 0 spiro atoms. The molecule has 1 N–H and O–H groups in total. The smallest absolute Gasteiger partial charge is 0.445 e. The fourth-order valence-electron chi connectivity index (χ4n) is 2.98. The average Bonchev–Trinajstić information content (AvgIpc) is 2.93. The number of hydrogen-bond acceptors (Lipinski definition) is 4. The molecule has 1 fully saturated rings. The van der Waals surface area contributed by atoms with E-state index in [1.54, 1.807) is 18.2 Å². The van der Waals surface area contributed by atoms with Crippen molar-refractivity contribution in [2.45, 2.75) is 45.5 Å². The molecular formula is C23H26BBrFNO4. The van der Waals surface area contributed by atoms with Crippen LogP contribution in [-0.2, 0) is 20.7 Å². The summed E-state index contributed by atoms with van der Waals surface area (Å²) >= 11 is 3.38. The second kappa shape index (κ2) is 9.55. The van der Waals surface area contributed by atoms with E-state index in [9.17, 15) is 9.18 Å². The van der Waals surface area contributed by atoms with Gasteiger partial charge in [-0.3, -0.25) is 0 Å². The Morgan fingerprint density at radius 3 is 2.35 bits per heavy atom. The molecule has 3 rings (SSSR count). The zero-order valence-corrected chi connectivity index (χ0v) is 19.7. The molecule has 1 heterocycles. The number of halogens is 2. The summed E-state index contributed by atoms with van der Waals surface area (Å²) in [5.41, 5.74) is 0.663. The lowest BCUT2D eigenvalue weighted by Gasteiger charge is -2.32. The predicted molar refractivity (Wildman–Crippen MR) is 123 cm³/mol.